The van der Waals surface area contributed by atoms with E-state index in [9.17, 15) is 31.2 Å². The molecule has 2 amide bonds. The van der Waals surface area contributed by atoms with E-state index in [0.29, 0.717) is 45.6 Å². The standard InChI is InChI=1S/C21H32N4O4S.C2HF3O2/c1-2-18-6-8-19(9-7-18)30(28,29)25(14-4-13-23-12-3-5-20(23)26)17-21(27)24-15-10-22-11-16-24;3-2(4,5)1(6)7/h6-9,22H,2-5,10-17H2,1H3;(H,6,7). The van der Waals surface area contributed by atoms with Crippen molar-refractivity contribution in [2.75, 3.05) is 52.4 Å². The molecule has 2 N–H and O–H groups in total. The second-order valence-corrected chi connectivity index (χ2v) is 10.5. The number of nitrogens with zero attached hydrogens (tertiary/aromatic N) is 3. The summed E-state index contributed by atoms with van der Waals surface area (Å²) in [6.45, 7) is 5.89. The fourth-order valence-electron chi connectivity index (χ4n) is 3.87. The van der Waals surface area contributed by atoms with Gasteiger partial charge in [0.2, 0.25) is 21.8 Å². The summed E-state index contributed by atoms with van der Waals surface area (Å²) in [5.41, 5.74) is 1.06. The topological polar surface area (TPSA) is 127 Å². The number of benzene rings is 1. The van der Waals surface area contributed by atoms with Crippen LogP contribution in [-0.2, 0) is 30.8 Å². The van der Waals surface area contributed by atoms with Gasteiger partial charge in [-0.15, -0.1) is 0 Å². The van der Waals surface area contributed by atoms with Gasteiger partial charge in [-0.05, 0) is 37.0 Å². The van der Waals surface area contributed by atoms with Crippen molar-refractivity contribution in [3.8, 4) is 0 Å². The first-order valence-corrected chi connectivity index (χ1v) is 13.5. The number of halogens is 3. The Bertz CT molecular complexity index is 1030. The number of nitrogens with one attached hydrogen (secondary N) is 1. The lowest BCUT2D eigenvalue weighted by atomic mass is 10.2. The molecule has 0 bridgehead atoms. The summed E-state index contributed by atoms with van der Waals surface area (Å²) in [6.07, 6.45) is -2.33. The Morgan fingerprint density at radius 2 is 1.70 bits per heavy atom. The summed E-state index contributed by atoms with van der Waals surface area (Å²) in [4.78, 5) is 37.2. The summed E-state index contributed by atoms with van der Waals surface area (Å²) < 4.78 is 59.6. The molecule has 0 radical (unpaired) electrons. The maximum atomic E-state index is 13.3. The van der Waals surface area contributed by atoms with Gasteiger partial charge in [-0.3, -0.25) is 9.59 Å². The monoisotopic (exact) mass is 550 g/mol. The number of carbonyl (C=O) groups excluding carboxylic acids is 2. The molecule has 2 aliphatic heterocycles. The Labute approximate surface area is 214 Å². The molecule has 0 aromatic heterocycles. The van der Waals surface area contributed by atoms with Crippen LogP contribution in [0.25, 0.3) is 0 Å². The Hall–Kier alpha value is -2.71. The molecule has 3 rings (SSSR count). The first-order chi connectivity index (χ1) is 17.4. The van der Waals surface area contributed by atoms with Gasteiger partial charge in [0, 0.05) is 52.2 Å². The number of carbonyl (C=O) groups is 3. The molecule has 14 heteroatoms. The molecule has 1 aromatic carbocycles. The number of carboxylic acids is 1. The minimum atomic E-state index is -5.08. The zero-order chi connectivity index (χ0) is 27.6. The predicted molar refractivity (Wildman–Crippen MR) is 128 cm³/mol. The summed E-state index contributed by atoms with van der Waals surface area (Å²) >= 11 is 0. The molecule has 0 atom stereocenters. The van der Waals surface area contributed by atoms with Gasteiger partial charge in [0.15, 0.2) is 0 Å². The van der Waals surface area contributed by atoms with Crippen LogP contribution >= 0.6 is 0 Å². The van der Waals surface area contributed by atoms with Crippen molar-refractivity contribution in [3.63, 3.8) is 0 Å². The molecule has 0 unspecified atom stereocenters. The summed E-state index contributed by atoms with van der Waals surface area (Å²) in [5.74, 6) is -2.81. The molecule has 10 nitrogen and oxygen atoms in total. The lowest BCUT2D eigenvalue weighted by molar-refractivity contribution is -0.192. The van der Waals surface area contributed by atoms with Gasteiger partial charge in [-0.2, -0.15) is 17.5 Å². The second kappa shape index (κ2) is 13.7. The van der Waals surface area contributed by atoms with Gasteiger partial charge in [0.05, 0.1) is 11.4 Å². The third kappa shape index (κ3) is 9.27. The highest BCUT2D eigenvalue weighted by Gasteiger charge is 2.38. The number of aliphatic carboxylic acids is 1. The van der Waals surface area contributed by atoms with E-state index in [2.05, 4.69) is 5.32 Å². The van der Waals surface area contributed by atoms with E-state index >= 15 is 0 Å². The van der Waals surface area contributed by atoms with E-state index in [-0.39, 0.29) is 29.8 Å². The van der Waals surface area contributed by atoms with Crippen LogP contribution in [-0.4, -0.2) is 104 Å². The van der Waals surface area contributed by atoms with E-state index < -0.39 is 22.2 Å². The molecule has 0 aliphatic carbocycles. The van der Waals surface area contributed by atoms with Crippen molar-refractivity contribution in [1.29, 1.82) is 0 Å². The smallest absolute Gasteiger partial charge is 0.475 e. The summed E-state index contributed by atoms with van der Waals surface area (Å²) in [7, 11) is -3.80. The zero-order valence-corrected chi connectivity index (χ0v) is 21.5. The third-order valence-electron chi connectivity index (χ3n) is 6.00. The van der Waals surface area contributed by atoms with Gasteiger partial charge in [0.1, 0.15) is 0 Å². The number of hydrogen-bond acceptors (Lipinski definition) is 6. The zero-order valence-electron chi connectivity index (χ0n) is 20.7. The van der Waals surface area contributed by atoms with E-state index in [1.165, 1.54) is 4.31 Å². The van der Waals surface area contributed by atoms with E-state index in [1.54, 1.807) is 21.9 Å². The number of amides is 2. The Morgan fingerprint density at radius 1 is 1.11 bits per heavy atom. The molecule has 2 saturated heterocycles. The van der Waals surface area contributed by atoms with Crippen LogP contribution in [0.3, 0.4) is 0 Å². The maximum absolute atomic E-state index is 13.3. The SMILES string of the molecule is CCc1ccc(S(=O)(=O)N(CCCN2CCCC2=O)CC(=O)N2CCNCC2)cc1.O=C(O)C(F)(F)F. The molecular weight excluding hydrogens is 517 g/mol. The average Bonchev–Trinajstić information content (AvgIpc) is 3.28. The maximum Gasteiger partial charge on any atom is 0.490 e. The van der Waals surface area contributed by atoms with Gasteiger partial charge in [-0.1, -0.05) is 19.1 Å². The molecule has 2 aliphatic rings. The summed E-state index contributed by atoms with van der Waals surface area (Å²) in [5, 5.41) is 10.3. The van der Waals surface area contributed by atoms with E-state index in [4.69, 9.17) is 9.90 Å². The number of carboxylic acid groups (broad SMARTS) is 1. The largest absolute Gasteiger partial charge is 0.490 e. The fraction of sp³-hybridized carbons (Fsp3) is 0.609. The van der Waals surface area contributed by atoms with E-state index in [1.807, 2.05) is 19.1 Å². The molecule has 0 spiro atoms. The molecule has 37 heavy (non-hydrogen) atoms. The van der Waals surface area contributed by atoms with Crippen molar-refractivity contribution in [1.82, 2.24) is 19.4 Å². The highest BCUT2D eigenvalue weighted by molar-refractivity contribution is 7.89. The second-order valence-electron chi connectivity index (χ2n) is 8.61. The van der Waals surface area contributed by atoms with Crippen LogP contribution in [0.4, 0.5) is 13.2 Å². The van der Waals surface area contributed by atoms with Gasteiger partial charge >= 0.3 is 12.1 Å². The Kier molecular flexibility index (Phi) is 11.3. The minimum absolute atomic E-state index is 0.122. The number of piperazine rings is 1. The number of hydrogen-bond donors (Lipinski definition) is 2. The number of likely N-dealkylation sites (tertiary alicyclic amines) is 1. The molecule has 208 valence electrons. The predicted octanol–water partition coefficient (Wildman–Crippen LogP) is 1.32. The molecule has 2 heterocycles. The molecular formula is C23H33F3N4O6S. The first-order valence-electron chi connectivity index (χ1n) is 12.0. The van der Waals surface area contributed by atoms with E-state index in [0.717, 1.165) is 24.9 Å². The van der Waals surface area contributed by atoms with Crippen molar-refractivity contribution in [2.45, 2.75) is 43.7 Å². The Morgan fingerprint density at radius 3 is 2.19 bits per heavy atom. The average molecular weight is 551 g/mol. The van der Waals surface area contributed by atoms with Crippen LogP contribution in [0.5, 0.6) is 0 Å². The van der Waals surface area contributed by atoms with Gasteiger partial charge in [0.25, 0.3) is 0 Å². The number of rotatable bonds is 9. The number of alkyl halides is 3. The number of sulfonamides is 1. The first kappa shape index (κ1) is 30.5. The highest BCUT2D eigenvalue weighted by Crippen LogP contribution is 2.19. The molecule has 0 saturated carbocycles. The summed E-state index contributed by atoms with van der Waals surface area (Å²) in [6, 6.07) is 6.85. The highest BCUT2D eigenvalue weighted by atomic mass is 32.2. The molecule has 1 aromatic rings. The van der Waals surface area contributed by atoms with Crippen molar-refractivity contribution in [3.05, 3.63) is 29.8 Å². The van der Waals surface area contributed by atoms with Crippen molar-refractivity contribution in [2.24, 2.45) is 0 Å². The van der Waals surface area contributed by atoms with Gasteiger partial charge in [-0.25, -0.2) is 13.2 Å². The van der Waals surface area contributed by atoms with Crippen LogP contribution < -0.4 is 5.32 Å². The lowest BCUT2D eigenvalue weighted by Gasteiger charge is -2.30. The third-order valence-corrected chi connectivity index (χ3v) is 7.86. The minimum Gasteiger partial charge on any atom is -0.475 e. The van der Waals surface area contributed by atoms with Crippen LogP contribution in [0, 0.1) is 0 Å². The van der Waals surface area contributed by atoms with Crippen LogP contribution in [0.15, 0.2) is 29.2 Å². The number of aryl methyl sites for hydroxylation is 1. The Balaban J connectivity index is 0.000000604. The van der Waals surface area contributed by atoms with Crippen molar-refractivity contribution < 1.29 is 41.1 Å². The van der Waals surface area contributed by atoms with Gasteiger partial charge < -0.3 is 20.2 Å². The quantitative estimate of drug-likeness (QED) is 0.475. The van der Waals surface area contributed by atoms with Crippen LogP contribution in [0.2, 0.25) is 0 Å². The van der Waals surface area contributed by atoms with Crippen molar-refractivity contribution >= 4 is 27.8 Å². The normalized spacial score (nSPS) is 16.5. The fourth-order valence-corrected chi connectivity index (χ4v) is 5.30. The lowest BCUT2D eigenvalue weighted by Crippen LogP contribution is -2.50. The van der Waals surface area contributed by atoms with Crippen LogP contribution in [0.1, 0.15) is 31.7 Å². The molecule has 2 fully saturated rings.